The number of nitrogens with one attached hydrogen (secondary N) is 1. The van der Waals surface area contributed by atoms with Crippen LogP contribution in [0, 0.1) is 29.8 Å². The van der Waals surface area contributed by atoms with Crippen molar-refractivity contribution in [3.8, 4) is 17.3 Å². The molecule has 10 nitrogen and oxygen atoms in total. The second-order valence-corrected chi connectivity index (χ2v) is 9.19. The van der Waals surface area contributed by atoms with Crippen molar-refractivity contribution in [1.29, 1.82) is 0 Å². The number of carbonyl (C=O) groups excluding carboxylic acids is 2. The predicted octanol–water partition coefficient (Wildman–Crippen LogP) is 5.16. The summed E-state index contributed by atoms with van der Waals surface area (Å²) in [5.41, 5.74) is 2.97. The molecule has 0 radical (unpaired) electrons. The molecule has 0 spiro atoms. The Labute approximate surface area is 232 Å². The Morgan fingerprint density at radius 3 is 2.45 bits per heavy atom. The van der Waals surface area contributed by atoms with Crippen LogP contribution in [0.1, 0.15) is 17.0 Å². The lowest BCUT2D eigenvalue weighted by molar-refractivity contribution is -0.385. The van der Waals surface area contributed by atoms with Gasteiger partial charge in [-0.1, -0.05) is 6.07 Å². The number of benzene rings is 2. The van der Waals surface area contributed by atoms with E-state index < -0.39 is 22.6 Å². The molecule has 200 valence electrons. The summed E-state index contributed by atoms with van der Waals surface area (Å²) in [6.45, 7) is 3.74. The summed E-state index contributed by atoms with van der Waals surface area (Å²) in [5.74, 6) is -1.16. The van der Waals surface area contributed by atoms with Crippen LogP contribution < -0.4 is 15.0 Å². The Balaban J connectivity index is 1.41. The fourth-order valence-corrected chi connectivity index (χ4v) is 4.60. The average Bonchev–Trinajstić information content (AvgIpc) is 3.19. The third-order valence-corrected chi connectivity index (χ3v) is 6.47. The van der Waals surface area contributed by atoms with E-state index in [1.807, 2.05) is 36.6 Å². The molecular weight excluding hydrogens is 537 g/mol. The van der Waals surface area contributed by atoms with Crippen molar-refractivity contribution in [3.63, 3.8) is 0 Å². The first-order valence-electron chi connectivity index (χ1n) is 11.9. The number of nitro groups is 1. The van der Waals surface area contributed by atoms with Crippen molar-refractivity contribution < 1.29 is 23.6 Å². The Bertz CT molecular complexity index is 1710. The van der Waals surface area contributed by atoms with E-state index in [0.717, 1.165) is 34.2 Å². The highest BCUT2D eigenvalue weighted by atomic mass is 32.1. The van der Waals surface area contributed by atoms with Gasteiger partial charge in [0, 0.05) is 29.2 Å². The van der Waals surface area contributed by atoms with E-state index in [4.69, 9.17) is 17.0 Å². The van der Waals surface area contributed by atoms with Gasteiger partial charge < -0.3 is 9.30 Å². The van der Waals surface area contributed by atoms with Gasteiger partial charge in [-0.25, -0.2) is 9.37 Å². The molecule has 0 saturated carbocycles. The molecule has 1 fully saturated rings. The van der Waals surface area contributed by atoms with Crippen LogP contribution in [0.3, 0.4) is 0 Å². The van der Waals surface area contributed by atoms with Crippen LogP contribution in [-0.4, -0.2) is 31.4 Å². The van der Waals surface area contributed by atoms with Crippen LogP contribution >= 0.6 is 12.2 Å². The second kappa shape index (κ2) is 10.5. The van der Waals surface area contributed by atoms with Crippen molar-refractivity contribution in [2.45, 2.75) is 13.8 Å². The topological polar surface area (TPSA) is 120 Å². The van der Waals surface area contributed by atoms with Gasteiger partial charge in [-0.2, -0.15) is 0 Å². The minimum Gasteiger partial charge on any atom is -0.439 e. The highest BCUT2D eigenvalue weighted by Gasteiger charge is 2.35. The summed E-state index contributed by atoms with van der Waals surface area (Å²) >= 11 is 5.18. The standard InChI is InChI=1S/C28H20FN5O5S/c1-16-12-18(13-24-26(35)31-28(40)33(27(24)36)21-5-3-4-19(29)14-21)17(2)32(16)20-6-9-23(10-7-20)39-25-11-8-22(15-30-25)34(37)38/h3-15H,1-2H3,(H,31,35,40)/b24-13+. The van der Waals surface area contributed by atoms with E-state index >= 15 is 0 Å². The Morgan fingerprint density at radius 2 is 1.80 bits per heavy atom. The number of thiocarbonyl (C=S) groups is 1. The van der Waals surface area contributed by atoms with Crippen LogP contribution in [0.4, 0.5) is 15.8 Å². The molecule has 2 amide bonds. The lowest BCUT2D eigenvalue weighted by Crippen LogP contribution is -2.54. The minimum atomic E-state index is -0.662. The number of aryl methyl sites for hydroxylation is 1. The maximum Gasteiger partial charge on any atom is 0.287 e. The maximum absolute atomic E-state index is 13.8. The minimum absolute atomic E-state index is 0.130. The number of ether oxygens (including phenoxy) is 1. The lowest BCUT2D eigenvalue weighted by atomic mass is 10.1. The van der Waals surface area contributed by atoms with Crippen LogP contribution in [0.15, 0.2) is 78.5 Å². The average molecular weight is 558 g/mol. The quantitative estimate of drug-likeness (QED) is 0.114. The first kappa shape index (κ1) is 26.4. The molecule has 2 aromatic carbocycles. The normalized spacial score (nSPS) is 14.4. The van der Waals surface area contributed by atoms with Gasteiger partial charge in [-0.05, 0) is 86.2 Å². The molecule has 1 saturated heterocycles. The fourth-order valence-electron chi connectivity index (χ4n) is 4.32. The molecule has 40 heavy (non-hydrogen) atoms. The van der Waals surface area contributed by atoms with Crippen molar-refractivity contribution >= 4 is 46.6 Å². The number of carbonyl (C=O) groups is 2. The molecule has 12 heteroatoms. The van der Waals surface area contributed by atoms with E-state index in [0.29, 0.717) is 11.3 Å². The van der Waals surface area contributed by atoms with Crippen LogP contribution in [0.25, 0.3) is 11.8 Å². The van der Waals surface area contributed by atoms with Gasteiger partial charge in [0.25, 0.3) is 17.5 Å². The monoisotopic (exact) mass is 557 g/mol. The largest absolute Gasteiger partial charge is 0.439 e. The summed E-state index contributed by atoms with van der Waals surface area (Å²) in [5, 5.41) is 13.2. The van der Waals surface area contributed by atoms with Crippen molar-refractivity contribution in [2.24, 2.45) is 0 Å². The molecule has 0 unspecified atom stereocenters. The zero-order valence-corrected chi connectivity index (χ0v) is 21.9. The van der Waals surface area contributed by atoms with Gasteiger partial charge in [0.05, 0.1) is 10.6 Å². The smallest absolute Gasteiger partial charge is 0.287 e. The summed E-state index contributed by atoms with van der Waals surface area (Å²) in [6.07, 6.45) is 2.61. The Kier molecular flexibility index (Phi) is 6.92. The zero-order chi connectivity index (χ0) is 28.6. The maximum atomic E-state index is 13.8. The number of rotatable bonds is 6. The molecule has 5 rings (SSSR count). The SMILES string of the molecule is Cc1cc(/C=C2\C(=O)NC(=S)N(c3cccc(F)c3)C2=O)c(C)n1-c1ccc(Oc2ccc([N+](=O)[O-])cn2)cc1. The van der Waals surface area contributed by atoms with Crippen LogP contribution in [0.2, 0.25) is 0 Å². The van der Waals surface area contributed by atoms with E-state index in [1.165, 1.54) is 36.4 Å². The third kappa shape index (κ3) is 5.07. The van der Waals surface area contributed by atoms with Crippen LogP contribution in [0.5, 0.6) is 11.6 Å². The van der Waals surface area contributed by atoms with E-state index in [-0.39, 0.29) is 27.9 Å². The van der Waals surface area contributed by atoms with Gasteiger partial charge >= 0.3 is 0 Å². The molecule has 0 bridgehead atoms. The lowest BCUT2D eigenvalue weighted by Gasteiger charge is -2.28. The number of halogens is 1. The van der Waals surface area contributed by atoms with Crippen LogP contribution in [-0.2, 0) is 9.59 Å². The van der Waals surface area contributed by atoms with Gasteiger partial charge in [0.1, 0.15) is 23.3 Å². The predicted molar refractivity (Wildman–Crippen MR) is 149 cm³/mol. The molecule has 1 aliphatic rings. The Hall–Kier alpha value is -5.23. The number of aromatic nitrogens is 2. The van der Waals surface area contributed by atoms with Gasteiger partial charge in [-0.3, -0.25) is 29.9 Å². The number of anilines is 1. The number of amides is 2. The summed E-state index contributed by atoms with van der Waals surface area (Å²) < 4.78 is 21.4. The van der Waals surface area contributed by atoms with Gasteiger partial charge in [-0.15, -0.1) is 0 Å². The van der Waals surface area contributed by atoms with Crippen molar-refractivity contribution in [1.82, 2.24) is 14.9 Å². The number of hydrogen-bond acceptors (Lipinski definition) is 7. The fraction of sp³-hybridized carbons (Fsp3) is 0.0714. The second-order valence-electron chi connectivity index (χ2n) is 8.81. The first-order valence-corrected chi connectivity index (χ1v) is 12.3. The van der Waals surface area contributed by atoms with Crippen molar-refractivity contribution in [3.05, 3.63) is 111 Å². The van der Waals surface area contributed by atoms with Crippen molar-refractivity contribution in [2.75, 3.05) is 4.90 Å². The molecule has 4 aromatic rings. The molecule has 3 heterocycles. The molecular formula is C28H20FN5O5S. The molecule has 1 aliphatic heterocycles. The molecule has 2 aromatic heterocycles. The molecule has 0 aliphatic carbocycles. The highest BCUT2D eigenvalue weighted by molar-refractivity contribution is 7.80. The van der Waals surface area contributed by atoms with Gasteiger partial charge in [0.2, 0.25) is 5.88 Å². The molecule has 1 N–H and O–H groups in total. The molecule has 0 atom stereocenters. The van der Waals surface area contributed by atoms with E-state index in [2.05, 4.69) is 10.3 Å². The highest BCUT2D eigenvalue weighted by Crippen LogP contribution is 2.28. The van der Waals surface area contributed by atoms with E-state index in [1.54, 1.807) is 12.1 Å². The first-order chi connectivity index (χ1) is 19.1. The third-order valence-electron chi connectivity index (χ3n) is 6.19. The summed E-state index contributed by atoms with van der Waals surface area (Å²) in [7, 11) is 0. The van der Waals surface area contributed by atoms with E-state index in [9.17, 15) is 24.1 Å². The van der Waals surface area contributed by atoms with Gasteiger partial charge in [0.15, 0.2) is 5.11 Å². The zero-order valence-electron chi connectivity index (χ0n) is 21.1. The number of nitrogens with zero attached hydrogens (tertiary/aromatic N) is 4. The summed E-state index contributed by atoms with van der Waals surface area (Å²) in [4.78, 5) is 41.3. The number of pyridine rings is 1. The number of hydrogen-bond donors (Lipinski definition) is 1. The Morgan fingerprint density at radius 1 is 1.05 bits per heavy atom. The summed E-state index contributed by atoms with van der Waals surface area (Å²) in [6, 6.07) is 17.0.